The Kier molecular flexibility index (Phi) is 3.91. The highest BCUT2D eigenvalue weighted by Crippen LogP contribution is 2.37. The molecule has 3 N–H and O–H groups in total. The molecule has 3 atom stereocenters. The van der Waals surface area contributed by atoms with E-state index < -0.39 is 0 Å². The van der Waals surface area contributed by atoms with Gasteiger partial charge in [0.05, 0.1) is 12.1 Å². The van der Waals surface area contributed by atoms with E-state index in [1.807, 2.05) is 23.9 Å². The quantitative estimate of drug-likeness (QED) is 0.623. The summed E-state index contributed by atoms with van der Waals surface area (Å²) < 4.78 is 7.69. The maximum Gasteiger partial charge on any atom is 0.189 e. The third kappa shape index (κ3) is 2.65. The Morgan fingerprint density at radius 1 is 1.55 bits per heavy atom. The van der Waals surface area contributed by atoms with E-state index in [1.165, 1.54) is 19.3 Å². The Labute approximate surface area is 119 Å². The molecule has 0 spiro atoms. The van der Waals surface area contributed by atoms with Gasteiger partial charge in [-0.2, -0.15) is 5.10 Å². The van der Waals surface area contributed by atoms with Crippen molar-refractivity contribution in [2.75, 3.05) is 6.61 Å². The molecule has 6 heteroatoms. The molecule has 0 saturated heterocycles. The van der Waals surface area contributed by atoms with Gasteiger partial charge >= 0.3 is 0 Å². The van der Waals surface area contributed by atoms with Crippen molar-refractivity contribution in [1.82, 2.24) is 15.1 Å². The molecule has 1 aromatic rings. The van der Waals surface area contributed by atoms with Crippen LogP contribution < -0.4 is 11.1 Å². The third-order valence-corrected chi connectivity index (χ3v) is 4.22. The van der Waals surface area contributed by atoms with Crippen molar-refractivity contribution in [3.05, 3.63) is 18.5 Å². The van der Waals surface area contributed by atoms with Crippen LogP contribution >= 0.6 is 0 Å². The van der Waals surface area contributed by atoms with Gasteiger partial charge in [-0.25, -0.2) is 4.99 Å². The molecule has 1 aromatic heterocycles. The summed E-state index contributed by atoms with van der Waals surface area (Å²) in [5.74, 6) is 0.562. The van der Waals surface area contributed by atoms with Crippen LogP contribution in [0.3, 0.4) is 0 Å². The monoisotopic (exact) mass is 277 g/mol. The summed E-state index contributed by atoms with van der Waals surface area (Å²) in [6, 6.07) is 2.76. The van der Waals surface area contributed by atoms with Crippen molar-refractivity contribution in [1.29, 1.82) is 0 Å². The first-order chi connectivity index (χ1) is 9.78. The molecule has 0 bridgehead atoms. The zero-order chi connectivity index (χ0) is 13.9. The molecule has 1 heterocycles. The number of rotatable bonds is 5. The van der Waals surface area contributed by atoms with Crippen molar-refractivity contribution in [3.63, 3.8) is 0 Å². The van der Waals surface area contributed by atoms with Crippen LogP contribution in [-0.2, 0) is 4.74 Å². The smallest absolute Gasteiger partial charge is 0.189 e. The average Bonchev–Trinajstić information content (AvgIpc) is 2.85. The molecule has 110 valence electrons. The van der Waals surface area contributed by atoms with Gasteiger partial charge in [0.25, 0.3) is 0 Å². The molecule has 3 rings (SSSR count). The normalized spacial score (nSPS) is 30.6. The summed E-state index contributed by atoms with van der Waals surface area (Å²) in [4.78, 5) is 4.62. The van der Waals surface area contributed by atoms with Gasteiger partial charge in [0.1, 0.15) is 6.04 Å². The highest BCUT2D eigenvalue weighted by atomic mass is 16.5. The summed E-state index contributed by atoms with van der Waals surface area (Å²) in [5.41, 5.74) is 6.00. The molecule has 2 aliphatic carbocycles. The van der Waals surface area contributed by atoms with E-state index in [4.69, 9.17) is 10.5 Å². The third-order valence-electron chi connectivity index (χ3n) is 4.22. The maximum atomic E-state index is 6.00. The summed E-state index contributed by atoms with van der Waals surface area (Å²) in [5, 5.41) is 7.61. The molecule has 2 fully saturated rings. The van der Waals surface area contributed by atoms with Gasteiger partial charge < -0.3 is 15.8 Å². The second kappa shape index (κ2) is 5.83. The lowest BCUT2D eigenvalue weighted by Crippen LogP contribution is -2.50. The second-order valence-corrected chi connectivity index (χ2v) is 5.56. The highest BCUT2D eigenvalue weighted by Gasteiger charge is 2.43. The minimum atomic E-state index is 0.152. The van der Waals surface area contributed by atoms with Gasteiger partial charge in [0.2, 0.25) is 0 Å². The number of hydrogen-bond donors (Lipinski definition) is 2. The zero-order valence-electron chi connectivity index (χ0n) is 11.9. The predicted molar refractivity (Wildman–Crippen MR) is 77.5 cm³/mol. The van der Waals surface area contributed by atoms with E-state index in [-0.39, 0.29) is 18.2 Å². The fourth-order valence-electron chi connectivity index (χ4n) is 2.86. The van der Waals surface area contributed by atoms with Gasteiger partial charge in [-0.05, 0) is 32.3 Å². The number of hydrogen-bond acceptors (Lipinski definition) is 3. The van der Waals surface area contributed by atoms with Crippen molar-refractivity contribution >= 4 is 5.96 Å². The first-order valence-electron chi connectivity index (χ1n) is 7.48. The van der Waals surface area contributed by atoms with Crippen LogP contribution in [0, 0.1) is 0 Å². The van der Waals surface area contributed by atoms with E-state index in [1.54, 1.807) is 6.20 Å². The van der Waals surface area contributed by atoms with Crippen molar-refractivity contribution in [2.45, 2.75) is 56.8 Å². The molecule has 0 aliphatic heterocycles. The molecule has 6 nitrogen and oxygen atoms in total. The molecular formula is C14H23N5O. The minimum absolute atomic E-state index is 0.152. The summed E-state index contributed by atoms with van der Waals surface area (Å²) in [7, 11) is 0. The Morgan fingerprint density at radius 3 is 3.00 bits per heavy atom. The average molecular weight is 277 g/mol. The number of nitrogens with one attached hydrogen (secondary N) is 1. The van der Waals surface area contributed by atoms with E-state index in [2.05, 4.69) is 15.4 Å². The molecular weight excluding hydrogens is 254 g/mol. The van der Waals surface area contributed by atoms with E-state index >= 15 is 0 Å². The number of aromatic nitrogens is 2. The van der Waals surface area contributed by atoms with Crippen LogP contribution in [0.15, 0.2) is 23.5 Å². The zero-order valence-corrected chi connectivity index (χ0v) is 11.9. The first-order valence-corrected chi connectivity index (χ1v) is 7.48. The standard InChI is InChI=1S/C14H23N5O/c1-2-20-12-9-11(13(12)19-8-4-7-16-19)18-14(15)17-10-5-3-6-10/h4,7-8,10-13H,2-3,5-6,9H2,1H3,(H3,15,17,18). The van der Waals surface area contributed by atoms with Crippen LogP contribution in [0.25, 0.3) is 0 Å². The highest BCUT2D eigenvalue weighted by molar-refractivity contribution is 5.78. The number of ether oxygens (including phenoxy) is 1. The van der Waals surface area contributed by atoms with Gasteiger partial charge in [-0.15, -0.1) is 0 Å². The van der Waals surface area contributed by atoms with E-state index in [9.17, 15) is 0 Å². The maximum absolute atomic E-state index is 6.00. The number of aliphatic imine (C=N–C) groups is 1. The molecule has 20 heavy (non-hydrogen) atoms. The van der Waals surface area contributed by atoms with Gasteiger partial charge in [-0.1, -0.05) is 0 Å². The summed E-state index contributed by atoms with van der Waals surface area (Å²) in [6.45, 7) is 2.73. The lowest BCUT2D eigenvalue weighted by molar-refractivity contribution is -0.0506. The van der Waals surface area contributed by atoms with Crippen molar-refractivity contribution < 1.29 is 4.74 Å². The molecule has 3 unspecified atom stereocenters. The van der Waals surface area contributed by atoms with Crippen LogP contribution in [0.5, 0.6) is 0 Å². The predicted octanol–water partition coefficient (Wildman–Crippen LogP) is 1.06. The Balaban J connectivity index is 1.64. The van der Waals surface area contributed by atoms with Gasteiger partial charge in [0, 0.05) is 31.5 Å². The summed E-state index contributed by atoms with van der Waals surface area (Å²) >= 11 is 0. The van der Waals surface area contributed by atoms with Gasteiger partial charge in [0.15, 0.2) is 5.96 Å². The minimum Gasteiger partial charge on any atom is -0.376 e. The van der Waals surface area contributed by atoms with Crippen molar-refractivity contribution in [2.24, 2.45) is 10.7 Å². The molecule has 2 saturated carbocycles. The van der Waals surface area contributed by atoms with Crippen LogP contribution in [0.4, 0.5) is 0 Å². The lowest BCUT2D eigenvalue weighted by atomic mass is 9.83. The number of nitrogens with zero attached hydrogens (tertiary/aromatic N) is 3. The SMILES string of the molecule is CCOC1CC(N=C(N)NC2CCC2)C1n1cccn1. The first kappa shape index (κ1) is 13.4. The fourth-order valence-corrected chi connectivity index (χ4v) is 2.86. The Morgan fingerprint density at radius 2 is 2.40 bits per heavy atom. The Hall–Kier alpha value is -1.56. The van der Waals surface area contributed by atoms with Gasteiger partial charge in [-0.3, -0.25) is 4.68 Å². The fraction of sp³-hybridized carbons (Fsp3) is 0.714. The van der Waals surface area contributed by atoms with E-state index in [0.717, 1.165) is 6.42 Å². The largest absolute Gasteiger partial charge is 0.376 e. The molecule has 0 aromatic carbocycles. The molecule has 0 amide bonds. The van der Waals surface area contributed by atoms with Crippen LogP contribution in [-0.4, -0.2) is 40.5 Å². The molecule has 0 radical (unpaired) electrons. The lowest BCUT2D eigenvalue weighted by Gasteiger charge is -2.42. The van der Waals surface area contributed by atoms with Crippen LogP contribution in [0.1, 0.15) is 38.6 Å². The van der Waals surface area contributed by atoms with Crippen molar-refractivity contribution in [3.8, 4) is 0 Å². The Bertz CT molecular complexity index is 454. The number of nitrogens with two attached hydrogens (primary N) is 1. The van der Waals surface area contributed by atoms with Crippen LogP contribution in [0.2, 0.25) is 0 Å². The topological polar surface area (TPSA) is 77.5 Å². The number of guanidine groups is 1. The molecule has 2 aliphatic rings. The second-order valence-electron chi connectivity index (χ2n) is 5.56. The summed E-state index contributed by atoms with van der Waals surface area (Å²) in [6.07, 6.45) is 8.54. The van der Waals surface area contributed by atoms with E-state index in [0.29, 0.717) is 18.6 Å².